The maximum Gasteiger partial charge on any atom is 0.101 e. The minimum Gasteiger partial charge on any atom is -0.398 e. The molecule has 0 heterocycles. The van der Waals surface area contributed by atoms with Crippen LogP contribution in [0.15, 0.2) is 18.2 Å². The second kappa shape index (κ2) is 6.24. The van der Waals surface area contributed by atoms with Crippen LogP contribution in [0.4, 0.5) is 5.69 Å². The molecular formula is C13H19N3O. The predicted octanol–water partition coefficient (Wildman–Crippen LogP) is 1.56. The van der Waals surface area contributed by atoms with Crippen LogP contribution >= 0.6 is 0 Å². The van der Waals surface area contributed by atoms with E-state index in [2.05, 4.69) is 19.2 Å². The summed E-state index contributed by atoms with van der Waals surface area (Å²) in [6.07, 6.45) is 0.398. The molecule has 2 atom stereocenters. The Morgan fingerprint density at radius 2 is 2.24 bits per heavy atom. The van der Waals surface area contributed by atoms with Crippen LogP contribution in [0.1, 0.15) is 37.5 Å². The van der Waals surface area contributed by atoms with Gasteiger partial charge in [-0.05, 0) is 31.0 Å². The van der Waals surface area contributed by atoms with Crippen LogP contribution in [0.2, 0.25) is 0 Å². The summed E-state index contributed by atoms with van der Waals surface area (Å²) >= 11 is 0. The summed E-state index contributed by atoms with van der Waals surface area (Å²) in [5.41, 5.74) is 7.19. The van der Waals surface area contributed by atoms with E-state index >= 15 is 0 Å². The van der Waals surface area contributed by atoms with E-state index < -0.39 is 6.10 Å². The predicted molar refractivity (Wildman–Crippen MR) is 68.3 cm³/mol. The molecule has 0 aliphatic carbocycles. The van der Waals surface area contributed by atoms with E-state index in [1.807, 2.05) is 6.07 Å². The van der Waals surface area contributed by atoms with E-state index in [4.69, 9.17) is 11.0 Å². The van der Waals surface area contributed by atoms with Crippen molar-refractivity contribution in [3.63, 3.8) is 0 Å². The summed E-state index contributed by atoms with van der Waals surface area (Å²) in [4.78, 5) is 0. The molecule has 4 N–H and O–H groups in total. The highest BCUT2D eigenvalue weighted by Gasteiger charge is 2.10. The maximum atomic E-state index is 9.96. The molecule has 0 saturated carbocycles. The van der Waals surface area contributed by atoms with Crippen molar-refractivity contribution in [2.24, 2.45) is 0 Å². The first-order chi connectivity index (χ1) is 8.08. The summed E-state index contributed by atoms with van der Waals surface area (Å²) < 4.78 is 0. The fraction of sp³-hybridized carbons (Fsp3) is 0.462. The van der Waals surface area contributed by atoms with E-state index in [0.717, 1.165) is 6.42 Å². The Labute approximate surface area is 102 Å². The van der Waals surface area contributed by atoms with Gasteiger partial charge in [0, 0.05) is 18.3 Å². The molecule has 17 heavy (non-hydrogen) atoms. The number of aliphatic hydroxyl groups is 1. The molecule has 0 saturated heterocycles. The van der Waals surface area contributed by atoms with E-state index in [0.29, 0.717) is 29.4 Å². The van der Waals surface area contributed by atoms with Crippen molar-refractivity contribution in [1.82, 2.24) is 5.32 Å². The third-order valence-electron chi connectivity index (χ3n) is 2.85. The summed E-state index contributed by atoms with van der Waals surface area (Å²) in [6, 6.07) is 7.42. The quantitative estimate of drug-likeness (QED) is 0.674. The first-order valence-electron chi connectivity index (χ1n) is 5.79. The molecule has 0 aliphatic rings. The van der Waals surface area contributed by atoms with Crippen LogP contribution in [-0.4, -0.2) is 17.7 Å². The second-order valence-corrected chi connectivity index (χ2v) is 4.19. The number of nitrogens with two attached hydrogens (primary N) is 1. The van der Waals surface area contributed by atoms with Gasteiger partial charge < -0.3 is 16.2 Å². The van der Waals surface area contributed by atoms with Gasteiger partial charge in [-0.1, -0.05) is 13.0 Å². The van der Waals surface area contributed by atoms with Gasteiger partial charge in [-0.15, -0.1) is 0 Å². The number of nitrogen functional groups attached to an aromatic ring is 1. The molecule has 92 valence electrons. The zero-order valence-corrected chi connectivity index (χ0v) is 10.3. The average molecular weight is 233 g/mol. The summed E-state index contributed by atoms with van der Waals surface area (Å²) in [6.45, 7) is 4.63. The van der Waals surface area contributed by atoms with Crippen molar-refractivity contribution in [1.29, 1.82) is 5.26 Å². The molecule has 1 aromatic carbocycles. The van der Waals surface area contributed by atoms with Crippen molar-refractivity contribution >= 4 is 5.69 Å². The number of aliphatic hydroxyl groups excluding tert-OH is 1. The molecular weight excluding hydrogens is 214 g/mol. The number of hydrogen-bond acceptors (Lipinski definition) is 4. The van der Waals surface area contributed by atoms with Gasteiger partial charge >= 0.3 is 0 Å². The number of anilines is 1. The van der Waals surface area contributed by atoms with Gasteiger partial charge in [-0.2, -0.15) is 5.26 Å². The number of rotatable bonds is 5. The smallest absolute Gasteiger partial charge is 0.101 e. The van der Waals surface area contributed by atoms with Crippen LogP contribution < -0.4 is 11.1 Å². The molecule has 0 bridgehead atoms. The van der Waals surface area contributed by atoms with Crippen molar-refractivity contribution in [2.75, 3.05) is 12.3 Å². The van der Waals surface area contributed by atoms with Gasteiger partial charge in [0.1, 0.15) is 6.07 Å². The van der Waals surface area contributed by atoms with E-state index in [9.17, 15) is 5.11 Å². The molecule has 0 aliphatic heterocycles. The molecule has 1 aromatic rings. The maximum absolute atomic E-state index is 9.96. The lowest BCUT2D eigenvalue weighted by Gasteiger charge is -2.16. The lowest BCUT2D eigenvalue weighted by molar-refractivity contribution is 0.170. The molecule has 4 nitrogen and oxygen atoms in total. The van der Waals surface area contributed by atoms with Crippen LogP contribution in [-0.2, 0) is 0 Å². The first kappa shape index (κ1) is 13.5. The Morgan fingerprint density at radius 1 is 1.53 bits per heavy atom. The summed E-state index contributed by atoms with van der Waals surface area (Å²) in [5.74, 6) is 0. The zero-order chi connectivity index (χ0) is 12.8. The minimum atomic E-state index is -0.614. The van der Waals surface area contributed by atoms with Crippen molar-refractivity contribution in [2.45, 2.75) is 32.4 Å². The number of nitrogens with one attached hydrogen (secondary N) is 1. The minimum absolute atomic E-state index is 0.369. The third-order valence-corrected chi connectivity index (χ3v) is 2.85. The highest BCUT2D eigenvalue weighted by molar-refractivity contribution is 5.55. The Kier molecular flexibility index (Phi) is 4.95. The highest BCUT2D eigenvalue weighted by atomic mass is 16.3. The van der Waals surface area contributed by atoms with Gasteiger partial charge in [-0.3, -0.25) is 0 Å². The third kappa shape index (κ3) is 3.74. The lowest BCUT2D eigenvalue weighted by Crippen LogP contribution is -2.29. The lowest BCUT2D eigenvalue weighted by atomic mass is 10.0. The number of hydrogen-bond donors (Lipinski definition) is 3. The van der Waals surface area contributed by atoms with Crippen molar-refractivity contribution in [3.05, 3.63) is 29.3 Å². The van der Waals surface area contributed by atoms with Gasteiger partial charge in [0.05, 0.1) is 11.7 Å². The summed E-state index contributed by atoms with van der Waals surface area (Å²) in [5, 5.41) is 22.0. The molecule has 0 radical (unpaired) electrons. The Morgan fingerprint density at radius 3 is 2.82 bits per heavy atom. The first-order valence-corrected chi connectivity index (χ1v) is 5.79. The van der Waals surface area contributed by atoms with Crippen LogP contribution in [0.3, 0.4) is 0 Å². The van der Waals surface area contributed by atoms with Gasteiger partial charge in [0.25, 0.3) is 0 Å². The molecule has 0 fully saturated rings. The molecule has 0 aromatic heterocycles. The van der Waals surface area contributed by atoms with Crippen molar-refractivity contribution < 1.29 is 5.11 Å². The average Bonchev–Trinajstić information content (AvgIpc) is 2.35. The van der Waals surface area contributed by atoms with Crippen molar-refractivity contribution in [3.8, 4) is 6.07 Å². The molecule has 4 heteroatoms. The second-order valence-electron chi connectivity index (χ2n) is 4.19. The van der Waals surface area contributed by atoms with Gasteiger partial charge in [0.15, 0.2) is 0 Å². The Hall–Kier alpha value is -1.57. The largest absolute Gasteiger partial charge is 0.398 e. The Balaban J connectivity index is 2.69. The van der Waals surface area contributed by atoms with Crippen LogP contribution in [0.25, 0.3) is 0 Å². The number of nitriles is 1. The SMILES string of the molecule is CCC(C)NCC(O)c1ccc(N)c(C#N)c1. The molecule has 1 rings (SSSR count). The van der Waals surface area contributed by atoms with E-state index in [1.54, 1.807) is 18.2 Å². The topological polar surface area (TPSA) is 82.1 Å². The van der Waals surface area contributed by atoms with Crippen LogP contribution in [0.5, 0.6) is 0 Å². The highest BCUT2D eigenvalue weighted by Crippen LogP contribution is 2.18. The molecule has 0 amide bonds. The van der Waals surface area contributed by atoms with Gasteiger partial charge in [-0.25, -0.2) is 0 Å². The van der Waals surface area contributed by atoms with E-state index in [-0.39, 0.29) is 0 Å². The standard InChI is InChI=1S/C13H19N3O/c1-3-9(2)16-8-13(17)10-4-5-12(15)11(6-10)7-14/h4-6,9,13,16-17H,3,8,15H2,1-2H3. The normalized spacial score (nSPS) is 14.0. The van der Waals surface area contributed by atoms with Gasteiger partial charge in [0.2, 0.25) is 0 Å². The number of nitrogens with zero attached hydrogens (tertiary/aromatic N) is 1. The fourth-order valence-electron chi connectivity index (χ4n) is 1.45. The van der Waals surface area contributed by atoms with E-state index in [1.165, 1.54) is 0 Å². The fourth-order valence-corrected chi connectivity index (χ4v) is 1.45. The zero-order valence-electron chi connectivity index (χ0n) is 10.3. The monoisotopic (exact) mass is 233 g/mol. The molecule has 0 spiro atoms. The summed E-state index contributed by atoms with van der Waals surface area (Å²) in [7, 11) is 0. The molecule has 2 unspecified atom stereocenters. The Bertz CT molecular complexity index is 412. The number of benzene rings is 1. The van der Waals surface area contributed by atoms with Crippen LogP contribution in [0, 0.1) is 11.3 Å².